The number of nitro benzene ring substituents is 2. The summed E-state index contributed by atoms with van der Waals surface area (Å²) in [6, 6.07) is 12.6. The Bertz CT molecular complexity index is 1540. The van der Waals surface area contributed by atoms with Gasteiger partial charge in [-0.3, -0.25) is 25.0 Å². The molecule has 8 atom stereocenters. The van der Waals surface area contributed by atoms with Crippen molar-refractivity contribution in [2.45, 2.75) is 124 Å². The molecule has 0 saturated heterocycles. The molecule has 8 nitrogen and oxygen atoms in total. The standard InChI is InChI=1S/C43H58N2O6/c1-28(2)7-6-8-29(3)38-19-20-39-37-18-13-33-27-36(21-23-42(33,4)40(37)22-24-43(38,39)5)51-41(46)32(25-30-9-14-34(15-10-30)44(47)48)26-31-11-16-35(17-12-31)45(49)50/h9-17,28-29,32,36-40H,6-8,18-27H2,1-5H3. The highest BCUT2D eigenvalue weighted by Gasteiger charge is 2.59. The molecule has 51 heavy (non-hydrogen) atoms. The highest BCUT2D eigenvalue weighted by atomic mass is 16.6. The van der Waals surface area contributed by atoms with Crippen LogP contribution in [-0.4, -0.2) is 21.9 Å². The number of hydrogen-bond acceptors (Lipinski definition) is 6. The van der Waals surface area contributed by atoms with E-state index < -0.39 is 15.8 Å². The van der Waals surface area contributed by atoms with Gasteiger partial charge < -0.3 is 4.74 Å². The lowest BCUT2D eigenvalue weighted by atomic mass is 9.47. The number of carbonyl (C=O) groups is 1. The zero-order valence-electron chi connectivity index (χ0n) is 31.4. The van der Waals surface area contributed by atoms with Crippen LogP contribution in [0.25, 0.3) is 0 Å². The second-order valence-electron chi connectivity index (χ2n) is 17.5. The number of nitrogens with zero attached hydrogens (tertiary/aromatic N) is 2. The van der Waals surface area contributed by atoms with Crippen molar-refractivity contribution < 1.29 is 19.4 Å². The minimum absolute atomic E-state index is 0.00324. The average Bonchev–Trinajstić information content (AvgIpc) is 3.45. The Labute approximate surface area is 304 Å². The first-order valence-corrected chi connectivity index (χ1v) is 19.6. The van der Waals surface area contributed by atoms with Crippen molar-refractivity contribution >= 4 is 17.3 Å². The van der Waals surface area contributed by atoms with E-state index in [2.05, 4.69) is 40.7 Å². The fourth-order valence-electron chi connectivity index (χ4n) is 11.3. The lowest BCUT2D eigenvalue weighted by Crippen LogP contribution is -2.51. The summed E-state index contributed by atoms with van der Waals surface area (Å²) in [5.74, 6) is 3.88. The number of carbonyl (C=O) groups excluding carboxylic acids is 1. The van der Waals surface area contributed by atoms with Crippen LogP contribution >= 0.6 is 0 Å². The molecule has 8 heteroatoms. The van der Waals surface area contributed by atoms with Crippen molar-refractivity contribution in [3.63, 3.8) is 0 Å². The Kier molecular flexibility index (Phi) is 11.1. The molecule has 0 bridgehead atoms. The molecule has 4 aliphatic carbocycles. The van der Waals surface area contributed by atoms with Crippen LogP contribution in [0.5, 0.6) is 0 Å². The summed E-state index contributed by atoms with van der Waals surface area (Å²) < 4.78 is 6.33. The summed E-state index contributed by atoms with van der Waals surface area (Å²) in [5, 5.41) is 22.4. The third-order valence-electron chi connectivity index (χ3n) is 14.1. The van der Waals surface area contributed by atoms with Gasteiger partial charge in [0.15, 0.2) is 0 Å². The SMILES string of the molecule is CC(C)CCCC(C)C1CCC2C3CC=C4CC(OC(=O)C(Cc5ccc([N+](=O)[O-])cc5)Cc5ccc([N+](=O)[O-])cc5)CCC4(C)C3CCC12C. The van der Waals surface area contributed by atoms with Gasteiger partial charge in [-0.2, -0.15) is 0 Å². The normalized spacial score (nSPS) is 30.6. The fraction of sp³-hybridized carbons (Fsp3) is 0.651. The molecule has 0 spiro atoms. The quantitative estimate of drug-likeness (QED) is 0.0890. The predicted octanol–water partition coefficient (Wildman–Crippen LogP) is 10.9. The number of non-ortho nitro benzene ring substituents is 2. The van der Waals surface area contributed by atoms with Crippen LogP contribution in [-0.2, 0) is 22.4 Å². The van der Waals surface area contributed by atoms with E-state index in [1.807, 2.05) is 0 Å². The van der Waals surface area contributed by atoms with Crippen molar-refractivity contribution in [1.29, 1.82) is 0 Å². The van der Waals surface area contributed by atoms with E-state index in [9.17, 15) is 25.0 Å². The third-order valence-corrected chi connectivity index (χ3v) is 14.1. The van der Waals surface area contributed by atoms with Crippen LogP contribution in [0.2, 0.25) is 0 Å². The summed E-state index contributed by atoms with van der Waals surface area (Å²) >= 11 is 0. The highest BCUT2D eigenvalue weighted by molar-refractivity contribution is 5.73. The number of hydrogen-bond donors (Lipinski definition) is 0. The largest absolute Gasteiger partial charge is 0.462 e. The van der Waals surface area contributed by atoms with Gasteiger partial charge in [0.1, 0.15) is 6.10 Å². The van der Waals surface area contributed by atoms with Crippen LogP contribution in [0, 0.1) is 72.5 Å². The minimum atomic E-state index is -0.523. The number of allylic oxidation sites excluding steroid dienone is 1. The van der Waals surface area contributed by atoms with E-state index in [1.165, 1.54) is 74.8 Å². The topological polar surface area (TPSA) is 113 Å². The van der Waals surface area contributed by atoms with Crippen molar-refractivity contribution in [3.05, 3.63) is 91.5 Å². The molecule has 8 unspecified atom stereocenters. The fourth-order valence-corrected chi connectivity index (χ4v) is 11.3. The second-order valence-corrected chi connectivity index (χ2v) is 17.5. The Hall–Kier alpha value is -3.55. The number of esters is 1. The summed E-state index contributed by atoms with van der Waals surface area (Å²) in [5.41, 5.74) is 3.72. The van der Waals surface area contributed by atoms with Crippen LogP contribution in [0.1, 0.15) is 116 Å². The van der Waals surface area contributed by atoms with Gasteiger partial charge in [0.25, 0.3) is 11.4 Å². The number of rotatable bonds is 13. The molecule has 0 aliphatic heterocycles. The van der Waals surface area contributed by atoms with Gasteiger partial charge in [0.2, 0.25) is 0 Å². The van der Waals surface area contributed by atoms with Crippen molar-refractivity contribution in [2.75, 3.05) is 0 Å². The minimum Gasteiger partial charge on any atom is -0.462 e. The van der Waals surface area contributed by atoms with E-state index in [0.29, 0.717) is 24.2 Å². The first kappa shape index (κ1) is 37.2. The van der Waals surface area contributed by atoms with E-state index in [1.54, 1.807) is 24.3 Å². The van der Waals surface area contributed by atoms with Crippen molar-refractivity contribution in [1.82, 2.24) is 0 Å². The maximum absolute atomic E-state index is 13.9. The predicted molar refractivity (Wildman–Crippen MR) is 200 cm³/mol. The van der Waals surface area contributed by atoms with Crippen LogP contribution < -0.4 is 0 Å². The van der Waals surface area contributed by atoms with Crippen molar-refractivity contribution in [2.24, 2.45) is 52.3 Å². The van der Waals surface area contributed by atoms with Gasteiger partial charge in [-0.15, -0.1) is 0 Å². The molecule has 0 amide bonds. The zero-order valence-corrected chi connectivity index (χ0v) is 31.4. The monoisotopic (exact) mass is 698 g/mol. The van der Waals surface area contributed by atoms with Gasteiger partial charge in [-0.05, 0) is 115 Å². The molecule has 3 fully saturated rings. The average molecular weight is 699 g/mol. The van der Waals surface area contributed by atoms with Crippen molar-refractivity contribution in [3.8, 4) is 0 Å². The Morgan fingerprint density at radius 2 is 1.43 bits per heavy atom. The molecule has 2 aromatic rings. The van der Waals surface area contributed by atoms with Gasteiger partial charge in [0.05, 0.1) is 15.8 Å². The summed E-state index contributed by atoms with van der Waals surface area (Å²) in [7, 11) is 0. The van der Waals surface area contributed by atoms with E-state index in [4.69, 9.17) is 4.74 Å². The van der Waals surface area contributed by atoms with Gasteiger partial charge >= 0.3 is 5.97 Å². The molecular weight excluding hydrogens is 640 g/mol. The molecule has 276 valence electrons. The molecular formula is C43H58N2O6. The first-order valence-electron chi connectivity index (χ1n) is 19.6. The number of benzene rings is 2. The number of nitro groups is 2. The van der Waals surface area contributed by atoms with Gasteiger partial charge in [-0.1, -0.05) is 89.8 Å². The Balaban J connectivity index is 1.13. The summed E-state index contributed by atoms with van der Waals surface area (Å²) in [6.45, 7) is 12.4. The molecule has 3 saturated carbocycles. The van der Waals surface area contributed by atoms with E-state index in [-0.39, 0.29) is 28.9 Å². The molecule has 0 radical (unpaired) electrons. The molecule has 6 rings (SSSR count). The summed E-state index contributed by atoms with van der Waals surface area (Å²) in [4.78, 5) is 35.5. The van der Waals surface area contributed by atoms with Crippen LogP contribution in [0.3, 0.4) is 0 Å². The smallest absolute Gasteiger partial charge is 0.309 e. The van der Waals surface area contributed by atoms with Crippen LogP contribution in [0.15, 0.2) is 60.2 Å². The lowest BCUT2D eigenvalue weighted by Gasteiger charge is -2.58. The first-order chi connectivity index (χ1) is 24.3. The summed E-state index contributed by atoms with van der Waals surface area (Å²) in [6.07, 6.45) is 16.4. The van der Waals surface area contributed by atoms with Gasteiger partial charge in [-0.25, -0.2) is 0 Å². The molecule has 2 aromatic carbocycles. The zero-order chi connectivity index (χ0) is 36.5. The van der Waals surface area contributed by atoms with Crippen LogP contribution in [0.4, 0.5) is 11.4 Å². The third kappa shape index (κ3) is 7.80. The second kappa shape index (κ2) is 15.2. The molecule has 4 aliphatic rings. The number of fused-ring (bicyclic) bond motifs is 5. The van der Waals surface area contributed by atoms with E-state index in [0.717, 1.165) is 66.4 Å². The maximum Gasteiger partial charge on any atom is 0.309 e. The van der Waals surface area contributed by atoms with E-state index >= 15 is 0 Å². The molecule has 0 heterocycles. The highest BCUT2D eigenvalue weighted by Crippen LogP contribution is 2.67. The molecule has 0 aromatic heterocycles. The maximum atomic E-state index is 13.9. The van der Waals surface area contributed by atoms with Gasteiger partial charge in [0, 0.05) is 30.7 Å². The lowest BCUT2D eigenvalue weighted by molar-refractivity contribution is -0.385. The molecule has 0 N–H and O–H groups in total. The Morgan fingerprint density at radius 1 is 0.824 bits per heavy atom. The number of ether oxygens (including phenoxy) is 1. The Morgan fingerprint density at radius 3 is 2.00 bits per heavy atom.